The number of fused-ring (bicyclic) bond motifs is 1. The van der Waals surface area contributed by atoms with Gasteiger partial charge in [-0.15, -0.1) is 37.2 Å². The number of nitrogens with zero attached hydrogens (tertiary/aromatic N) is 3. The molecule has 3 rings (SSSR count). The van der Waals surface area contributed by atoms with Crippen LogP contribution in [0.1, 0.15) is 12.8 Å². The Kier molecular flexibility index (Phi) is 9.92. The van der Waals surface area contributed by atoms with Crippen LogP contribution in [0.15, 0.2) is 35.4 Å². The van der Waals surface area contributed by atoms with Crippen LogP contribution in [0.2, 0.25) is 0 Å². The Morgan fingerprint density at radius 1 is 1.12 bits per heavy atom. The monoisotopic (exact) mass is 394 g/mol. The molecule has 1 aromatic heterocycles. The van der Waals surface area contributed by atoms with Gasteiger partial charge in [0.05, 0.1) is 30.4 Å². The Hall–Kier alpha value is -1.34. The first kappa shape index (κ1) is 22.7. The molecular formula is C15H21Cl3N4O2. The van der Waals surface area contributed by atoms with Crippen molar-refractivity contribution >= 4 is 54.0 Å². The van der Waals surface area contributed by atoms with Crippen LogP contribution >= 0.6 is 37.2 Å². The molecule has 0 bridgehead atoms. The predicted molar refractivity (Wildman–Crippen MR) is 102 cm³/mol. The molecule has 0 aliphatic carbocycles. The summed E-state index contributed by atoms with van der Waals surface area (Å²) in [6.45, 7) is 2.51. The van der Waals surface area contributed by atoms with Gasteiger partial charge in [0.2, 0.25) is 5.91 Å². The van der Waals surface area contributed by atoms with E-state index in [4.69, 9.17) is 0 Å². The van der Waals surface area contributed by atoms with Gasteiger partial charge in [0.1, 0.15) is 0 Å². The van der Waals surface area contributed by atoms with Crippen LogP contribution < -0.4 is 10.9 Å². The third-order valence-corrected chi connectivity index (χ3v) is 3.74. The molecule has 9 heteroatoms. The van der Waals surface area contributed by atoms with Crippen molar-refractivity contribution in [2.24, 2.45) is 0 Å². The maximum absolute atomic E-state index is 12.2. The summed E-state index contributed by atoms with van der Waals surface area (Å²) in [4.78, 5) is 30.5. The predicted octanol–water partition coefficient (Wildman–Crippen LogP) is 1.83. The van der Waals surface area contributed by atoms with Crippen molar-refractivity contribution in [2.75, 3.05) is 19.6 Å². The number of para-hydroxylation sites is 1. The fourth-order valence-corrected chi connectivity index (χ4v) is 2.59. The number of hydrogen-bond acceptors (Lipinski definition) is 4. The zero-order valence-electron chi connectivity index (χ0n) is 13.0. The molecule has 0 saturated carbocycles. The van der Waals surface area contributed by atoms with E-state index < -0.39 is 0 Å². The largest absolute Gasteiger partial charge is 0.337 e. The molecule has 1 amide bonds. The van der Waals surface area contributed by atoms with E-state index in [0.717, 1.165) is 25.9 Å². The maximum atomic E-state index is 12.2. The van der Waals surface area contributed by atoms with Crippen molar-refractivity contribution in [1.82, 2.24) is 19.8 Å². The molecule has 0 radical (unpaired) electrons. The van der Waals surface area contributed by atoms with Crippen molar-refractivity contribution in [1.29, 1.82) is 0 Å². The molecule has 1 aliphatic rings. The van der Waals surface area contributed by atoms with Crippen LogP contribution in [0.3, 0.4) is 0 Å². The highest BCUT2D eigenvalue weighted by Gasteiger charge is 2.14. The lowest BCUT2D eigenvalue weighted by Gasteiger charge is -2.14. The van der Waals surface area contributed by atoms with Gasteiger partial charge >= 0.3 is 0 Å². The van der Waals surface area contributed by atoms with Crippen molar-refractivity contribution < 1.29 is 4.79 Å². The summed E-state index contributed by atoms with van der Waals surface area (Å²) in [6.07, 6.45) is 3.78. The number of aromatic nitrogens is 2. The molecule has 2 aromatic rings. The number of carbonyl (C=O) groups is 1. The van der Waals surface area contributed by atoms with E-state index in [9.17, 15) is 9.59 Å². The molecule has 6 nitrogen and oxygen atoms in total. The van der Waals surface area contributed by atoms with Crippen LogP contribution in [0.4, 0.5) is 0 Å². The van der Waals surface area contributed by atoms with Gasteiger partial charge < -0.3 is 5.32 Å². The van der Waals surface area contributed by atoms with Crippen LogP contribution in [-0.2, 0) is 11.5 Å². The number of rotatable bonds is 4. The minimum atomic E-state index is -0.137. The Morgan fingerprint density at radius 2 is 1.79 bits per heavy atom. The number of nitrogens with one attached hydrogen (secondary N) is 1. The smallest absolute Gasteiger partial charge is 0.262 e. The molecular weight excluding hydrogens is 375 g/mol. The molecule has 134 valence electrons. The Bertz CT molecular complexity index is 717. The molecule has 0 unspecified atom stereocenters. The molecule has 2 heterocycles. The fraction of sp³-hybridized carbons (Fsp3) is 0.400. The number of likely N-dealkylation sites (tertiary alicyclic amines) is 1. The first-order valence-electron chi connectivity index (χ1n) is 7.17. The summed E-state index contributed by atoms with van der Waals surface area (Å²) < 4.78 is 1.42. The van der Waals surface area contributed by atoms with Gasteiger partial charge in [0.15, 0.2) is 0 Å². The molecule has 0 atom stereocenters. The van der Waals surface area contributed by atoms with Gasteiger partial charge in [-0.05, 0) is 38.1 Å². The van der Waals surface area contributed by atoms with Crippen LogP contribution in [0, 0.1) is 0 Å². The fourth-order valence-electron chi connectivity index (χ4n) is 2.59. The van der Waals surface area contributed by atoms with E-state index in [1.165, 1.54) is 10.9 Å². The molecule has 0 spiro atoms. The van der Waals surface area contributed by atoms with E-state index in [1.807, 2.05) is 12.1 Å². The zero-order chi connectivity index (χ0) is 14.7. The van der Waals surface area contributed by atoms with Crippen molar-refractivity contribution in [3.63, 3.8) is 0 Å². The molecule has 1 fully saturated rings. The number of carbonyl (C=O) groups excluding carboxylic acids is 1. The second-order valence-electron chi connectivity index (χ2n) is 5.28. The van der Waals surface area contributed by atoms with Gasteiger partial charge in [-0.3, -0.25) is 19.1 Å². The highest BCUT2D eigenvalue weighted by atomic mass is 35.5. The molecule has 1 aromatic carbocycles. The van der Waals surface area contributed by atoms with E-state index in [1.54, 1.807) is 12.1 Å². The van der Waals surface area contributed by atoms with E-state index in [0.29, 0.717) is 17.4 Å². The lowest BCUT2D eigenvalue weighted by molar-refractivity contribution is -0.122. The van der Waals surface area contributed by atoms with Crippen molar-refractivity contribution in [3.05, 3.63) is 40.9 Å². The molecule has 24 heavy (non-hydrogen) atoms. The summed E-state index contributed by atoms with van der Waals surface area (Å²) in [7, 11) is 0. The normalized spacial score (nSPS) is 13.5. The van der Waals surface area contributed by atoms with E-state index in [2.05, 4.69) is 15.2 Å². The maximum Gasteiger partial charge on any atom is 0.262 e. The van der Waals surface area contributed by atoms with E-state index in [-0.39, 0.29) is 55.4 Å². The number of benzene rings is 1. The first-order valence-corrected chi connectivity index (χ1v) is 7.17. The summed E-state index contributed by atoms with van der Waals surface area (Å²) in [5.41, 5.74) is 0.532. The van der Waals surface area contributed by atoms with E-state index >= 15 is 0 Å². The van der Waals surface area contributed by atoms with Gasteiger partial charge in [0.25, 0.3) is 5.56 Å². The van der Waals surface area contributed by atoms with Crippen LogP contribution in [0.5, 0.6) is 0 Å². The summed E-state index contributed by atoms with van der Waals surface area (Å²) in [5, 5.41) is 3.34. The molecule has 1 N–H and O–H groups in total. The highest BCUT2D eigenvalue weighted by Crippen LogP contribution is 2.06. The Labute approximate surface area is 158 Å². The lowest BCUT2D eigenvalue weighted by Crippen LogP contribution is -2.38. The lowest BCUT2D eigenvalue weighted by atomic mass is 10.2. The average Bonchev–Trinajstić information content (AvgIpc) is 3.00. The van der Waals surface area contributed by atoms with Crippen LogP contribution in [-0.4, -0.2) is 40.0 Å². The van der Waals surface area contributed by atoms with Gasteiger partial charge in [0, 0.05) is 0 Å². The Morgan fingerprint density at radius 3 is 2.50 bits per heavy atom. The third kappa shape index (κ3) is 5.34. The summed E-state index contributed by atoms with van der Waals surface area (Å²) in [6, 6.07) is 7.19. The molecule has 1 aliphatic heterocycles. The summed E-state index contributed by atoms with van der Waals surface area (Å²) in [5.74, 6) is -0.0584. The topological polar surface area (TPSA) is 67.2 Å². The summed E-state index contributed by atoms with van der Waals surface area (Å²) >= 11 is 0. The zero-order valence-corrected chi connectivity index (χ0v) is 15.5. The number of halogens is 3. The van der Waals surface area contributed by atoms with Gasteiger partial charge in [-0.1, -0.05) is 12.1 Å². The quantitative estimate of drug-likeness (QED) is 0.857. The van der Waals surface area contributed by atoms with Crippen LogP contribution in [0.25, 0.3) is 10.9 Å². The number of hydrogen-bond donors (Lipinski definition) is 1. The van der Waals surface area contributed by atoms with Gasteiger partial charge in [-0.25, -0.2) is 4.98 Å². The first-order chi connectivity index (χ1) is 10.2. The average molecular weight is 396 g/mol. The second-order valence-corrected chi connectivity index (χ2v) is 5.28. The second kappa shape index (κ2) is 10.5. The minimum absolute atomic E-state index is 0. The van der Waals surface area contributed by atoms with Crippen molar-refractivity contribution in [2.45, 2.75) is 19.5 Å². The standard InChI is InChI=1S/C15H18N4O2.3ClH/c20-14(9-18-7-3-4-8-18)17-11-19-10-16-13-6-2-1-5-12(13)15(19)21;;;/h1-2,5-6,10H,3-4,7-9,11H2,(H,17,20);3*1H. The SMILES string of the molecule is Cl.Cl.Cl.O=C(CN1CCCC1)NCn1cnc2ccccc2c1=O. The molecule has 1 saturated heterocycles. The minimum Gasteiger partial charge on any atom is -0.337 e. The Balaban J connectivity index is 0.00000176. The number of amides is 1. The van der Waals surface area contributed by atoms with Crippen molar-refractivity contribution in [3.8, 4) is 0 Å². The van der Waals surface area contributed by atoms with Gasteiger partial charge in [-0.2, -0.15) is 0 Å². The highest BCUT2D eigenvalue weighted by molar-refractivity contribution is 5.86. The third-order valence-electron chi connectivity index (χ3n) is 3.74.